The Bertz CT molecular complexity index is 1350. The van der Waals surface area contributed by atoms with Crippen LogP contribution in [0.3, 0.4) is 0 Å². The van der Waals surface area contributed by atoms with E-state index in [0.29, 0.717) is 36.3 Å². The number of ether oxygens (including phenoxy) is 1. The third-order valence-corrected chi connectivity index (χ3v) is 6.01. The lowest BCUT2D eigenvalue weighted by Crippen LogP contribution is -2.60. The topological polar surface area (TPSA) is 100 Å². The smallest absolute Gasteiger partial charge is 0.270 e. The first-order valence-corrected chi connectivity index (χ1v) is 11.6. The predicted molar refractivity (Wildman–Crippen MR) is 136 cm³/mol. The summed E-state index contributed by atoms with van der Waals surface area (Å²) in [6, 6.07) is 6.05. The van der Waals surface area contributed by atoms with Crippen LogP contribution in [0.5, 0.6) is 5.75 Å². The second kappa shape index (κ2) is 9.45. The van der Waals surface area contributed by atoms with Crippen molar-refractivity contribution in [1.29, 1.82) is 0 Å². The molecule has 1 amide bonds. The number of carbonyl (C=O) groups excluding carboxylic acids is 1. The lowest BCUT2D eigenvalue weighted by atomic mass is 9.49. The van der Waals surface area contributed by atoms with Crippen molar-refractivity contribution in [2.75, 3.05) is 6.54 Å². The molecule has 2 aromatic heterocycles. The first-order valence-electron chi connectivity index (χ1n) is 11.6. The molecule has 1 aliphatic rings. The van der Waals surface area contributed by atoms with Crippen molar-refractivity contribution in [1.82, 2.24) is 25.2 Å². The summed E-state index contributed by atoms with van der Waals surface area (Å²) in [5.74, 6) is -1.88. The summed E-state index contributed by atoms with van der Waals surface area (Å²) in [5, 5.41) is 2.27. The maximum atomic E-state index is 15.1. The number of aromatic nitrogens is 3. The highest BCUT2D eigenvalue weighted by molar-refractivity contribution is 6.60. The van der Waals surface area contributed by atoms with Gasteiger partial charge in [-0.3, -0.25) is 14.5 Å². The van der Waals surface area contributed by atoms with Gasteiger partial charge in [0.05, 0.1) is 5.52 Å². The summed E-state index contributed by atoms with van der Waals surface area (Å²) in [4.78, 5) is 36.8. The first kappa shape index (κ1) is 24.9. The molecule has 1 saturated heterocycles. The van der Waals surface area contributed by atoms with Gasteiger partial charge in [0.2, 0.25) is 0 Å². The number of benzene rings is 1. The molecular formula is C22H26B3F2N5O3. The van der Waals surface area contributed by atoms with E-state index >= 15 is 4.39 Å². The predicted octanol–water partition coefficient (Wildman–Crippen LogP) is -0.949. The Kier molecular flexibility index (Phi) is 6.72. The van der Waals surface area contributed by atoms with E-state index in [0.717, 1.165) is 0 Å². The van der Waals surface area contributed by atoms with Crippen molar-refractivity contribution < 1.29 is 18.3 Å². The Morgan fingerprint density at radius 1 is 1.26 bits per heavy atom. The van der Waals surface area contributed by atoms with Crippen LogP contribution in [0.4, 0.5) is 8.78 Å². The van der Waals surface area contributed by atoms with Gasteiger partial charge in [-0.05, 0) is 36.8 Å². The van der Waals surface area contributed by atoms with Crippen LogP contribution < -0.4 is 15.6 Å². The van der Waals surface area contributed by atoms with Gasteiger partial charge in [-0.25, -0.2) is 14.4 Å². The molecule has 2 N–H and O–H groups in total. The molecule has 0 bridgehead atoms. The highest BCUT2D eigenvalue weighted by atomic mass is 19.1. The van der Waals surface area contributed by atoms with E-state index < -0.39 is 22.9 Å². The molecule has 0 saturated carbocycles. The number of aryl methyl sites for hydroxylation is 1. The average molecular weight is 479 g/mol. The number of fused-ring (bicyclic) bond motifs is 1. The number of rotatable bonds is 7. The van der Waals surface area contributed by atoms with Crippen molar-refractivity contribution in [2.24, 2.45) is 0 Å². The molecule has 1 aromatic carbocycles. The van der Waals surface area contributed by atoms with Crippen molar-refractivity contribution in [2.45, 2.75) is 44.2 Å². The van der Waals surface area contributed by atoms with Crippen LogP contribution in [0.1, 0.15) is 35.6 Å². The average Bonchev–Trinajstić information content (AvgIpc) is 2.79. The van der Waals surface area contributed by atoms with Crippen LogP contribution in [0.2, 0.25) is 0 Å². The van der Waals surface area contributed by atoms with E-state index in [1.165, 1.54) is 12.1 Å². The van der Waals surface area contributed by atoms with Crippen LogP contribution in [-0.2, 0) is 13.0 Å². The Labute approximate surface area is 204 Å². The number of carbonyl (C=O) groups is 1. The number of nitrogens with one attached hydrogen (secondary N) is 2. The highest BCUT2D eigenvalue weighted by Crippen LogP contribution is 2.28. The van der Waals surface area contributed by atoms with Gasteiger partial charge < -0.3 is 15.0 Å². The van der Waals surface area contributed by atoms with E-state index in [1.807, 2.05) is 42.3 Å². The fourth-order valence-corrected chi connectivity index (χ4v) is 3.98. The molecule has 13 heteroatoms. The third-order valence-electron chi connectivity index (χ3n) is 6.01. The zero-order valence-electron chi connectivity index (χ0n) is 20.4. The molecule has 2 atom stereocenters. The molecule has 3 aromatic rings. The largest absolute Gasteiger partial charge is 0.483 e. The molecule has 0 spiro atoms. The first-order chi connectivity index (χ1) is 16.5. The lowest BCUT2D eigenvalue weighted by molar-refractivity contribution is -0.0437. The minimum atomic E-state index is -0.860. The zero-order chi connectivity index (χ0) is 25.5. The van der Waals surface area contributed by atoms with Gasteiger partial charge >= 0.3 is 0 Å². The maximum Gasteiger partial charge on any atom is 0.270 e. The second-order valence-corrected chi connectivity index (χ2v) is 9.81. The monoisotopic (exact) mass is 479 g/mol. The summed E-state index contributed by atoms with van der Waals surface area (Å²) in [5.41, 5.74) is 0.868. The molecule has 0 aliphatic carbocycles. The zero-order valence-corrected chi connectivity index (χ0v) is 20.4. The van der Waals surface area contributed by atoms with Gasteiger partial charge in [0.1, 0.15) is 46.5 Å². The molecular weight excluding hydrogens is 453 g/mol. The van der Waals surface area contributed by atoms with Crippen molar-refractivity contribution in [3.05, 3.63) is 63.3 Å². The maximum absolute atomic E-state index is 15.1. The van der Waals surface area contributed by atoms with E-state index in [4.69, 9.17) is 4.74 Å². The summed E-state index contributed by atoms with van der Waals surface area (Å²) in [6.07, 6.45) is 0.141. The number of halogens is 2. The van der Waals surface area contributed by atoms with Gasteiger partial charge in [-0.15, -0.1) is 0 Å². The number of H-pyrrole nitrogens is 1. The number of hydrogen-bond donors (Lipinski definition) is 2. The summed E-state index contributed by atoms with van der Waals surface area (Å²) >= 11 is 0. The Morgan fingerprint density at radius 2 is 2.00 bits per heavy atom. The number of hydrogen-bond acceptors (Lipinski definition) is 6. The molecule has 1 aliphatic heterocycles. The minimum Gasteiger partial charge on any atom is -0.483 e. The SMILES string of the molecule is BC(B)(B)NC(=O)c1ccc(O[C@H]2CN(Cc3ccc4nc(CC)c(=O)[nH]c4c3F)[C@@H]2C)c(F)n1. The minimum absolute atomic E-state index is 0.0292. The summed E-state index contributed by atoms with van der Waals surface area (Å²) < 4.78 is 35.4. The number of nitrogens with zero attached hydrogens (tertiary/aromatic N) is 3. The quantitative estimate of drug-likeness (QED) is 0.335. The van der Waals surface area contributed by atoms with E-state index in [9.17, 15) is 14.0 Å². The standard InChI is InChI=1S/C22H26B3F2N5O3/c1-3-12-20(33)30-18-13(28-12)5-4-11(17(18)26)8-32-9-16(10(32)2)35-15-7-6-14(29-19(15)27)21(34)31-22(23,24)25/h4-7,10,16H,3,8-9,23-25H2,1-2H3,(H,30,33)(H,31,34)/t10-,16+/m1/s1. The van der Waals surface area contributed by atoms with Crippen LogP contribution in [-0.4, -0.2) is 73.2 Å². The second-order valence-electron chi connectivity index (χ2n) is 9.81. The van der Waals surface area contributed by atoms with Crippen LogP contribution in [0.15, 0.2) is 29.1 Å². The number of aromatic amines is 1. The lowest BCUT2D eigenvalue weighted by Gasteiger charge is -2.45. The number of amides is 1. The van der Waals surface area contributed by atoms with Gasteiger partial charge in [-0.2, -0.15) is 4.39 Å². The molecule has 35 heavy (non-hydrogen) atoms. The Balaban J connectivity index is 1.41. The summed E-state index contributed by atoms with van der Waals surface area (Å²) in [7, 11) is 5.47. The van der Waals surface area contributed by atoms with Gasteiger partial charge in [0.15, 0.2) is 11.6 Å². The van der Waals surface area contributed by atoms with Crippen molar-refractivity contribution in [3.63, 3.8) is 0 Å². The molecule has 0 radical (unpaired) electrons. The highest BCUT2D eigenvalue weighted by Gasteiger charge is 2.38. The molecule has 8 nitrogen and oxygen atoms in total. The fraction of sp³-hybridized carbons (Fsp3) is 0.364. The normalized spacial score (nSPS) is 18.3. The Morgan fingerprint density at radius 3 is 2.63 bits per heavy atom. The molecule has 4 rings (SSSR count). The molecule has 0 unspecified atom stereocenters. The fourth-order valence-electron chi connectivity index (χ4n) is 3.98. The summed E-state index contributed by atoms with van der Waals surface area (Å²) in [6.45, 7) is 4.47. The van der Waals surface area contributed by atoms with Gasteiger partial charge in [0, 0.05) is 24.7 Å². The molecule has 3 heterocycles. The van der Waals surface area contributed by atoms with Gasteiger partial charge in [0.25, 0.3) is 17.4 Å². The number of likely N-dealkylation sites (tertiary alicyclic amines) is 1. The van der Waals surface area contributed by atoms with E-state index in [-0.39, 0.29) is 34.7 Å². The van der Waals surface area contributed by atoms with Gasteiger partial charge in [-0.1, -0.05) is 13.0 Å². The van der Waals surface area contributed by atoms with E-state index in [1.54, 1.807) is 12.1 Å². The van der Waals surface area contributed by atoms with Crippen LogP contribution in [0, 0.1) is 11.8 Å². The third kappa shape index (κ3) is 5.24. The Hall–Kier alpha value is -3.21. The number of pyridine rings is 1. The van der Waals surface area contributed by atoms with Crippen molar-refractivity contribution in [3.8, 4) is 5.75 Å². The van der Waals surface area contributed by atoms with E-state index in [2.05, 4.69) is 20.3 Å². The molecule has 1 fully saturated rings. The molecule has 180 valence electrons. The van der Waals surface area contributed by atoms with Crippen LogP contribution in [0.25, 0.3) is 11.0 Å². The van der Waals surface area contributed by atoms with Crippen molar-refractivity contribution >= 4 is 40.5 Å². The van der Waals surface area contributed by atoms with Crippen LogP contribution >= 0.6 is 0 Å².